The molecule has 0 atom stereocenters. The molecule has 3 heteroatoms. The molecule has 0 saturated heterocycles. The number of furan rings is 1. The molecule has 0 aliphatic heterocycles. The quantitative estimate of drug-likeness (QED) is 0.303. The molecular weight excluding hydrogens is 368 g/mol. The van der Waals surface area contributed by atoms with Crippen molar-refractivity contribution in [1.82, 2.24) is 4.98 Å². The fraction of sp³-hybridized carbons (Fsp3) is 0.111. The highest BCUT2D eigenvalue weighted by Gasteiger charge is 2.23. The van der Waals surface area contributed by atoms with Crippen LogP contribution in [0.15, 0.2) is 77.3 Å². The molecule has 0 unspecified atom stereocenters. The van der Waals surface area contributed by atoms with Crippen LogP contribution in [0.1, 0.15) is 15.2 Å². The first-order valence-electron chi connectivity index (χ1n) is 11.5. The van der Waals surface area contributed by atoms with Crippen molar-refractivity contribution in [2.75, 3.05) is 0 Å². The Morgan fingerprint density at radius 2 is 1.67 bits per heavy atom. The molecule has 3 aromatic heterocycles. The van der Waals surface area contributed by atoms with Crippen molar-refractivity contribution in [2.24, 2.45) is 7.05 Å². The number of para-hydroxylation sites is 1. The van der Waals surface area contributed by atoms with Crippen molar-refractivity contribution < 1.29 is 13.1 Å². The summed E-state index contributed by atoms with van der Waals surface area (Å²) < 4.78 is 33.0. The predicted octanol–water partition coefficient (Wildman–Crippen LogP) is 6.40. The van der Waals surface area contributed by atoms with Gasteiger partial charge in [-0.2, -0.15) is 0 Å². The van der Waals surface area contributed by atoms with E-state index in [1.54, 1.807) is 6.07 Å². The molecular formula is C27H21N2O+. The largest absolute Gasteiger partial charge is 0.437 e. The molecule has 0 spiro atoms. The zero-order valence-corrected chi connectivity index (χ0v) is 16.7. The van der Waals surface area contributed by atoms with Crippen LogP contribution in [-0.4, -0.2) is 4.98 Å². The van der Waals surface area contributed by atoms with Crippen molar-refractivity contribution in [3.05, 3.63) is 84.1 Å². The summed E-state index contributed by atoms with van der Waals surface area (Å²) in [6.07, 6.45) is 2.06. The Morgan fingerprint density at radius 1 is 0.900 bits per heavy atom. The summed E-state index contributed by atoms with van der Waals surface area (Å²) in [7, 11) is 1.98. The summed E-state index contributed by atoms with van der Waals surface area (Å²) in [5.74, 6) is 0. The van der Waals surface area contributed by atoms with Crippen LogP contribution in [-0.2, 0) is 7.05 Å². The smallest absolute Gasteiger partial charge is 0.227 e. The highest BCUT2D eigenvalue weighted by molar-refractivity contribution is 6.12. The van der Waals surface area contributed by atoms with Crippen LogP contribution in [0.4, 0.5) is 0 Å². The second kappa shape index (κ2) is 6.14. The average Bonchev–Trinajstić information content (AvgIpc) is 3.13. The van der Waals surface area contributed by atoms with E-state index in [0.717, 1.165) is 43.7 Å². The van der Waals surface area contributed by atoms with Crippen LogP contribution in [0.25, 0.3) is 55.0 Å². The number of nitrogens with zero attached hydrogens (tertiary/aromatic N) is 2. The molecule has 6 rings (SSSR count). The Labute approximate surface area is 178 Å². The van der Waals surface area contributed by atoms with Gasteiger partial charge in [0.1, 0.15) is 7.05 Å². The molecule has 0 amide bonds. The summed E-state index contributed by atoms with van der Waals surface area (Å²) in [6.45, 7) is -0.390. The molecule has 0 aliphatic carbocycles. The molecule has 0 saturated carbocycles. The third kappa shape index (κ3) is 2.38. The van der Waals surface area contributed by atoms with Gasteiger partial charge in [-0.25, -0.2) is 9.55 Å². The summed E-state index contributed by atoms with van der Waals surface area (Å²) >= 11 is 0. The van der Waals surface area contributed by atoms with Gasteiger partial charge in [0.2, 0.25) is 11.4 Å². The summed E-state index contributed by atoms with van der Waals surface area (Å²) in [6, 6.07) is 21.9. The van der Waals surface area contributed by atoms with Crippen molar-refractivity contribution >= 4 is 43.7 Å². The van der Waals surface area contributed by atoms with E-state index in [0.29, 0.717) is 22.4 Å². The molecule has 144 valence electrons. The predicted molar refractivity (Wildman–Crippen MR) is 123 cm³/mol. The van der Waals surface area contributed by atoms with E-state index in [1.165, 1.54) is 0 Å². The number of pyridine rings is 2. The highest BCUT2D eigenvalue weighted by atomic mass is 16.3. The van der Waals surface area contributed by atoms with Crippen LogP contribution >= 0.6 is 0 Å². The number of hydrogen-bond acceptors (Lipinski definition) is 2. The molecule has 0 bridgehead atoms. The Hall–Kier alpha value is -3.72. The van der Waals surface area contributed by atoms with E-state index in [9.17, 15) is 0 Å². The maximum Gasteiger partial charge on any atom is 0.227 e. The molecule has 3 heterocycles. The maximum atomic E-state index is 8.21. The summed E-state index contributed by atoms with van der Waals surface area (Å²) in [5, 5.41) is 4.77. The second-order valence-electron chi connectivity index (χ2n) is 7.84. The fourth-order valence-electron chi connectivity index (χ4n) is 4.37. The number of aromatic nitrogens is 2. The van der Waals surface area contributed by atoms with Gasteiger partial charge in [-0.1, -0.05) is 36.4 Å². The molecule has 30 heavy (non-hydrogen) atoms. The normalized spacial score (nSPS) is 13.7. The topological polar surface area (TPSA) is 29.9 Å². The zero-order chi connectivity index (χ0) is 22.9. The van der Waals surface area contributed by atoms with Gasteiger partial charge in [0.15, 0.2) is 11.8 Å². The van der Waals surface area contributed by atoms with E-state index in [1.807, 2.05) is 61.0 Å². The van der Waals surface area contributed by atoms with Crippen LogP contribution in [0.2, 0.25) is 0 Å². The van der Waals surface area contributed by atoms with Gasteiger partial charge in [0, 0.05) is 31.7 Å². The third-order valence-electron chi connectivity index (χ3n) is 5.97. The number of aryl methyl sites for hydroxylation is 2. The van der Waals surface area contributed by atoms with Gasteiger partial charge in [-0.3, -0.25) is 0 Å². The molecule has 0 N–H and O–H groups in total. The summed E-state index contributed by atoms with van der Waals surface area (Å²) in [4.78, 5) is 4.73. The Morgan fingerprint density at radius 3 is 2.50 bits per heavy atom. The number of fused-ring (bicyclic) bond motifs is 5. The van der Waals surface area contributed by atoms with E-state index in [4.69, 9.17) is 13.5 Å². The van der Waals surface area contributed by atoms with Crippen molar-refractivity contribution in [2.45, 2.75) is 13.8 Å². The number of rotatable bonds is 1. The minimum absolute atomic E-state index is 0.328. The van der Waals surface area contributed by atoms with Crippen molar-refractivity contribution in [3.63, 3.8) is 0 Å². The zero-order valence-electron chi connectivity index (χ0n) is 19.7. The van der Waals surface area contributed by atoms with Gasteiger partial charge in [0.05, 0.1) is 11.1 Å². The van der Waals surface area contributed by atoms with E-state index < -0.39 is 6.85 Å². The van der Waals surface area contributed by atoms with Gasteiger partial charge in [-0.15, -0.1) is 0 Å². The first-order chi connectivity index (χ1) is 15.8. The Balaban J connectivity index is 1.79. The van der Waals surface area contributed by atoms with Crippen LogP contribution < -0.4 is 4.57 Å². The molecule has 0 radical (unpaired) electrons. The highest BCUT2D eigenvalue weighted by Crippen LogP contribution is 2.39. The Bertz CT molecular complexity index is 1730. The monoisotopic (exact) mass is 392 g/mol. The van der Waals surface area contributed by atoms with Crippen molar-refractivity contribution in [3.8, 4) is 11.3 Å². The van der Waals surface area contributed by atoms with Crippen LogP contribution in [0, 0.1) is 13.8 Å². The first-order valence-corrected chi connectivity index (χ1v) is 9.96. The van der Waals surface area contributed by atoms with Crippen molar-refractivity contribution in [1.29, 1.82) is 0 Å². The van der Waals surface area contributed by atoms with Gasteiger partial charge < -0.3 is 4.42 Å². The molecule has 3 nitrogen and oxygen atoms in total. The maximum absolute atomic E-state index is 8.21. The average molecular weight is 392 g/mol. The first kappa shape index (κ1) is 14.3. The lowest BCUT2D eigenvalue weighted by molar-refractivity contribution is -0.659. The third-order valence-corrected chi connectivity index (χ3v) is 5.97. The van der Waals surface area contributed by atoms with Gasteiger partial charge in [-0.05, 0) is 54.6 Å². The lowest BCUT2D eigenvalue weighted by atomic mass is 9.95. The number of hydrogen-bond donors (Lipinski definition) is 0. The van der Waals surface area contributed by atoms with E-state index in [-0.39, 0.29) is 0 Å². The van der Waals surface area contributed by atoms with Gasteiger partial charge in [0.25, 0.3) is 0 Å². The second-order valence-corrected chi connectivity index (χ2v) is 7.84. The Kier molecular flexibility index (Phi) is 2.92. The molecule has 0 aliphatic rings. The fourth-order valence-corrected chi connectivity index (χ4v) is 4.37. The molecule has 0 fully saturated rings. The minimum atomic E-state index is -2.25. The van der Waals surface area contributed by atoms with E-state index >= 15 is 0 Å². The van der Waals surface area contributed by atoms with E-state index in [2.05, 4.69) is 24.4 Å². The van der Waals surface area contributed by atoms with Gasteiger partial charge >= 0.3 is 0 Å². The summed E-state index contributed by atoms with van der Waals surface area (Å²) in [5.41, 5.74) is 4.71. The molecule has 6 aromatic rings. The standard InChI is InChI=1S/C27H21N2O/c1-16-12-21-22-13-19-9-6-7-11-23(19)28-27(22)30-26(21)25(17(16)2)24-14-18-8-4-5-10-20(18)15-29(24)3/h4-15H,1-3H3/q+1/i1D3. The molecule has 3 aromatic carbocycles. The number of benzene rings is 3. The minimum Gasteiger partial charge on any atom is -0.437 e. The SMILES string of the molecule is [2H]C([2H])([2H])c1cc2c(oc3nc4ccccc4cc32)c(-c2cc3ccccc3c[n+]2C)c1C. The lowest BCUT2D eigenvalue weighted by Crippen LogP contribution is -2.30. The van der Waals surface area contributed by atoms with Crippen LogP contribution in [0.3, 0.4) is 0 Å². The lowest BCUT2D eigenvalue weighted by Gasteiger charge is -2.09. The van der Waals surface area contributed by atoms with Crippen LogP contribution in [0.5, 0.6) is 0 Å².